The average Bonchev–Trinajstić information content (AvgIpc) is 3.64. The minimum Gasteiger partial charge on any atom is -0.461 e. The van der Waals surface area contributed by atoms with Crippen LogP contribution in [0.3, 0.4) is 0 Å². The van der Waals surface area contributed by atoms with Crippen molar-refractivity contribution < 1.29 is 4.74 Å². The Labute approximate surface area is 316 Å². The fraction of sp³-hybridized carbons (Fsp3) is 0.0385. The first kappa shape index (κ1) is 31.8. The highest BCUT2D eigenvalue weighted by Crippen LogP contribution is 2.50. The van der Waals surface area contributed by atoms with Gasteiger partial charge in [-0.2, -0.15) is 0 Å². The summed E-state index contributed by atoms with van der Waals surface area (Å²) in [5.74, 6) is 2.22. The SMILES string of the molecule is C1=C(c2ccccc2N(c2ccc(-c3ccccc3)cc2)c2ccc(-c3ccc(-c4ccccc4)cc3)cc2)C=C2Oc3ccc4ccccc4c3C2C1. The average molecular weight is 692 g/mol. The molecule has 1 aliphatic carbocycles. The molecule has 8 aromatic carbocycles. The van der Waals surface area contributed by atoms with Gasteiger partial charge >= 0.3 is 0 Å². The molecular formula is C52H37NO. The van der Waals surface area contributed by atoms with E-state index in [2.05, 4.69) is 211 Å². The molecule has 2 heteroatoms. The molecule has 0 bridgehead atoms. The van der Waals surface area contributed by atoms with E-state index in [0.29, 0.717) is 0 Å². The fourth-order valence-electron chi connectivity index (χ4n) is 8.14. The summed E-state index contributed by atoms with van der Waals surface area (Å²) in [6.45, 7) is 0. The highest BCUT2D eigenvalue weighted by Gasteiger charge is 2.33. The summed E-state index contributed by atoms with van der Waals surface area (Å²) in [5.41, 5.74) is 14.2. The van der Waals surface area contributed by atoms with Gasteiger partial charge in [0.25, 0.3) is 0 Å². The Morgan fingerprint density at radius 3 is 1.56 bits per heavy atom. The largest absolute Gasteiger partial charge is 0.461 e. The van der Waals surface area contributed by atoms with Gasteiger partial charge in [-0.3, -0.25) is 0 Å². The number of benzene rings is 8. The van der Waals surface area contributed by atoms with Crippen LogP contribution in [0.25, 0.3) is 49.7 Å². The lowest BCUT2D eigenvalue weighted by molar-refractivity contribution is 0.426. The summed E-state index contributed by atoms with van der Waals surface area (Å²) in [6, 6.07) is 69.5. The quantitative estimate of drug-likeness (QED) is 0.165. The van der Waals surface area contributed by atoms with Crippen LogP contribution in [0.4, 0.5) is 17.1 Å². The molecule has 0 N–H and O–H groups in total. The van der Waals surface area contributed by atoms with Gasteiger partial charge in [0, 0.05) is 28.4 Å². The lowest BCUT2D eigenvalue weighted by Gasteiger charge is -2.29. The van der Waals surface area contributed by atoms with Crippen molar-refractivity contribution in [3.63, 3.8) is 0 Å². The zero-order valence-electron chi connectivity index (χ0n) is 29.8. The van der Waals surface area contributed by atoms with E-state index in [1.54, 1.807) is 0 Å². The van der Waals surface area contributed by atoms with Gasteiger partial charge in [-0.15, -0.1) is 0 Å². The van der Waals surface area contributed by atoms with Gasteiger partial charge in [0.05, 0.1) is 5.69 Å². The van der Waals surface area contributed by atoms with Crippen molar-refractivity contribution in [1.82, 2.24) is 0 Å². The van der Waals surface area contributed by atoms with Crippen LogP contribution < -0.4 is 9.64 Å². The molecule has 0 saturated heterocycles. The number of hydrogen-bond acceptors (Lipinski definition) is 2. The number of allylic oxidation sites excluding steroid dienone is 4. The van der Waals surface area contributed by atoms with Crippen molar-refractivity contribution in [3.8, 4) is 39.1 Å². The van der Waals surface area contributed by atoms with Crippen LogP contribution in [0, 0.1) is 0 Å². The first-order valence-corrected chi connectivity index (χ1v) is 18.7. The highest BCUT2D eigenvalue weighted by molar-refractivity contribution is 5.93. The molecule has 0 fully saturated rings. The maximum absolute atomic E-state index is 6.59. The van der Waals surface area contributed by atoms with E-state index >= 15 is 0 Å². The van der Waals surface area contributed by atoms with Gasteiger partial charge in [0.15, 0.2) is 0 Å². The normalized spacial score (nSPS) is 14.4. The number of fused-ring (bicyclic) bond motifs is 5. The molecule has 0 aromatic heterocycles. The Bertz CT molecular complexity index is 2670. The molecule has 1 aliphatic heterocycles. The topological polar surface area (TPSA) is 12.5 Å². The molecule has 10 rings (SSSR count). The maximum atomic E-state index is 6.59. The smallest absolute Gasteiger partial charge is 0.131 e. The van der Waals surface area contributed by atoms with Gasteiger partial charge in [-0.05, 0) is 98.6 Å². The first-order valence-electron chi connectivity index (χ1n) is 18.7. The third kappa shape index (κ3) is 5.79. The molecule has 0 spiro atoms. The second kappa shape index (κ2) is 13.6. The van der Waals surface area contributed by atoms with Gasteiger partial charge in [-0.1, -0.05) is 164 Å². The minimum absolute atomic E-state index is 0.220. The lowest BCUT2D eigenvalue weighted by Crippen LogP contribution is -2.12. The van der Waals surface area contributed by atoms with Gasteiger partial charge in [0.2, 0.25) is 0 Å². The predicted molar refractivity (Wildman–Crippen MR) is 225 cm³/mol. The van der Waals surface area contributed by atoms with Crippen LogP contribution in [0.1, 0.15) is 23.5 Å². The van der Waals surface area contributed by atoms with E-state index in [4.69, 9.17) is 4.74 Å². The van der Waals surface area contributed by atoms with Crippen LogP contribution in [-0.2, 0) is 0 Å². The van der Waals surface area contributed by atoms with Crippen molar-refractivity contribution in [2.45, 2.75) is 12.3 Å². The molecule has 256 valence electrons. The number of rotatable bonds is 7. The van der Waals surface area contributed by atoms with Gasteiger partial charge in [0.1, 0.15) is 11.5 Å². The van der Waals surface area contributed by atoms with E-state index < -0.39 is 0 Å². The van der Waals surface area contributed by atoms with E-state index in [-0.39, 0.29) is 5.92 Å². The molecule has 1 heterocycles. The molecule has 54 heavy (non-hydrogen) atoms. The molecule has 1 atom stereocenters. The number of nitrogens with zero attached hydrogens (tertiary/aromatic N) is 1. The number of para-hydroxylation sites is 1. The van der Waals surface area contributed by atoms with Gasteiger partial charge < -0.3 is 9.64 Å². The summed E-state index contributed by atoms with van der Waals surface area (Å²) in [7, 11) is 0. The van der Waals surface area contributed by atoms with Crippen molar-refractivity contribution in [2.24, 2.45) is 0 Å². The second-order valence-electron chi connectivity index (χ2n) is 14.1. The monoisotopic (exact) mass is 691 g/mol. The molecule has 8 aromatic rings. The van der Waals surface area contributed by atoms with Crippen LogP contribution in [0.2, 0.25) is 0 Å². The predicted octanol–water partition coefficient (Wildman–Crippen LogP) is 14.2. The Morgan fingerprint density at radius 2 is 0.944 bits per heavy atom. The first-order chi connectivity index (χ1) is 26.8. The zero-order chi connectivity index (χ0) is 35.8. The number of ether oxygens (including phenoxy) is 1. The van der Waals surface area contributed by atoms with E-state index in [1.165, 1.54) is 60.9 Å². The molecule has 0 saturated carbocycles. The zero-order valence-corrected chi connectivity index (χ0v) is 29.8. The van der Waals surface area contributed by atoms with Crippen molar-refractivity contribution >= 4 is 33.4 Å². The molecule has 0 amide bonds. The summed E-state index contributed by atoms with van der Waals surface area (Å²) in [4.78, 5) is 2.38. The summed E-state index contributed by atoms with van der Waals surface area (Å²) >= 11 is 0. The minimum atomic E-state index is 0.220. The number of hydrogen-bond donors (Lipinski definition) is 0. The van der Waals surface area contributed by atoms with E-state index in [1.807, 2.05) is 0 Å². The Balaban J connectivity index is 1.02. The Kier molecular flexibility index (Phi) is 8.00. The Hall–Kier alpha value is -6.90. The molecule has 2 nitrogen and oxygen atoms in total. The molecule has 1 unspecified atom stereocenters. The van der Waals surface area contributed by atoms with Crippen LogP contribution in [0.15, 0.2) is 212 Å². The molecular weight excluding hydrogens is 655 g/mol. The number of anilines is 3. The van der Waals surface area contributed by atoms with E-state index in [0.717, 1.165) is 35.0 Å². The van der Waals surface area contributed by atoms with Crippen LogP contribution in [-0.4, -0.2) is 0 Å². The maximum Gasteiger partial charge on any atom is 0.131 e. The third-order valence-corrected chi connectivity index (χ3v) is 10.9. The van der Waals surface area contributed by atoms with Crippen LogP contribution in [0.5, 0.6) is 5.75 Å². The van der Waals surface area contributed by atoms with Crippen LogP contribution >= 0.6 is 0 Å². The lowest BCUT2D eigenvalue weighted by atomic mass is 9.85. The van der Waals surface area contributed by atoms with Crippen molar-refractivity contribution in [2.75, 3.05) is 4.90 Å². The standard InChI is InChI=1S/C52H37NO/c1-3-11-36(12-4-1)38-19-21-39(22-20-38)41-25-31-45(32-26-41)53(44-29-23-40(24-30-44)37-13-5-2-6-14-37)49-18-10-9-16-46(49)43-27-33-48-51(35-43)54-50-34-28-42-15-7-8-17-47(42)52(48)50/h1-32,34-35,48H,33H2. The summed E-state index contributed by atoms with van der Waals surface area (Å²) in [6.07, 6.45) is 5.55. The second-order valence-corrected chi connectivity index (χ2v) is 14.1. The highest BCUT2D eigenvalue weighted by atomic mass is 16.5. The Morgan fingerprint density at radius 1 is 0.444 bits per heavy atom. The van der Waals surface area contributed by atoms with Crippen molar-refractivity contribution in [3.05, 3.63) is 223 Å². The fourth-order valence-corrected chi connectivity index (χ4v) is 8.14. The van der Waals surface area contributed by atoms with Crippen molar-refractivity contribution in [1.29, 1.82) is 0 Å². The summed E-state index contributed by atoms with van der Waals surface area (Å²) < 4.78 is 6.59. The third-order valence-electron chi connectivity index (χ3n) is 10.9. The molecule has 2 aliphatic rings. The van der Waals surface area contributed by atoms with E-state index in [9.17, 15) is 0 Å². The molecule has 0 radical (unpaired) electrons. The van der Waals surface area contributed by atoms with Gasteiger partial charge in [-0.25, -0.2) is 0 Å². The summed E-state index contributed by atoms with van der Waals surface area (Å²) in [5, 5.41) is 2.53.